The number of pyridine rings is 1. The molecule has 2 heterocycles. The zero-order valence-electron chi connectivity index (χ0n) is 9.72. The van der Waals surface area contributed by atoms with Crippen molar-refractivity contribution in [2.45, 2.75) is 44.8 Å². The summed E-state index contributed by atoms with van der Waals surface area (Å²) in [7, 11) is 0. The molecule has 2 atom stereocenters. The average molecular weight is 221 g/mol. The molecular weight excluding hydrogens is 202 g/mol. The van der Waals surface area contributed by atoms with Gasteiger partial charge < -0.3 is 9.84 Å². The molecule has 88 valence electrons. The van der Waals surface area contributed by atoms with Crippen LogP contribution in [0.15, 0.2) is 18.3 Å². The summed E-state index contributed by atoms with van der Waals surface area (Å²) in [5, 5.41) is 9.95. The molecule has 16 heavy (non-hydrogen) atoms. The zero-order chi connectivity index (χ0) is 11.4. The van der Waals surface area contributed by atoms with Gasteiger partial charge in [-0.25, -0.2) is 0 Å². The van der Waals surface area contributed by atoms with Crippen LogP contribution in [0.2, 0.25) is 0 Å². The Bertz CT molecular complexity index is 317. The van der Waals surface area contributed by atoms with Crippen LogP contribution < -0.4 is 0 Å². The minimum absolute atomic E-state index is 0.347. The van der Waals surface area contributed by atoms with E-state index in [1.807, 2.05) is 19.1 Å². The molecule has 0 amide bonds. The summed E-state index contributed by atoms with van der Waals surface area (Å²) in [4.78, 5) is 4.23. The molecule has 0 spiro atoms. The largest absolute Gasteiger partial charge is 0.387 e. The molecule has 1 fully saturated rings. The fraction of sp³-hybridized carbons (Fsp3) is 0.615. The van der Waals surface area contributed by atoms with Crippen LogP contribution in [-0.2, 0) is 4.74 Å². The van der Waals surface area contributed by atoms with Crippen LogP contribution in [0.1, 0.15) is 43.0 Å². The van der Waals surface area contributed by atoms with Gasteiger partial charge in [0.2, 0.25) is 0 Å². The number of aryl methyl sites for hydroxylation is 1. The van der Waals surface area contributed by atoms with Crippen LogP contribution in [0.3, 0.4) is 0 Å². The second-order valence-corrected chi connectivity index (χ2v) is 4.49. The van der Waals surface area contributed by atoms with Crippen molar-refractivity contribution in [1.82, 2.24) is 4.98 Å². The van der Waals surface area contributed by atoms with Crippen LogP contribution >= 0.6 is 0 Å². The lowest BCUT2D eigenvalue weighted by molar-refractivity contribution is 0.0802. The highest BCUT2D eigenvalue weighted by Crippen LogP contribution is 2.22. The number of aliphatic hydroxyl groups is 1. The zero-order valence-corrected chi connectivity index (χ0v) is 9.72. The maximum Gasteiger partial charge on any atom is 0.0960 e. The average Bonchev–Trinajstić information content (AvgIpc) is 2.80. The normalized spacial score (nSPS) is 22.2. The minimum Gasteiger partial charge on any atom is -0.387 e. The molecular formula is C13H19NO2. The maximum atomic E-state index is 9.95. The van der Waals surface area contributed by atoms with Crippen molar-refractivity contribution in [2.24, 2.45) is 0 Å². The Kier molecular flexibility index (Phi) is 3.91. The highest BCUT2D eigenvalue weighted by atomic mass is 16.5. The lowest BCUT2D eigenvalue weighted by Crippen LogP contribution is -2.08. The van der Waals surface area contributed by atoms with E-state index in [4.69, 9.17) is 4.74 Å². The molecule has 3 heteroatoms. The molecule has 0 bridgehead atoms. The fourth-order valence-electron chi connectivity index (χ4n) is 2.04. The molecule has 0 radical (unpaired) electrons. The molecule has 3 nitrogen and oxygen atoms in total. The number of hydrogen-bond donors (Lipinski definition) is 1. The molecule has 0 saturated carbocycles. The highest BCUT2D eigenvalue weighted by Gasteiger charge is 2.17. The van der Waals surface area contributed by atoms with Crippen molar-refractivity contribution >= 4 is 0 Å². The third kappa shape index (κ3) is 3.03. The number of aromatic nitrogens is 1. The fourth-order valence-corrected chi connectivity index (χ4v) is 2.04. The van der Waals surface area contributed by atoms with E-state index in [1.165, 1.54) is 0 Å². The Morgan fingerprint density at radius 3 is 3.06 bits per heavy atom. The third-order valence-electron chi connectivity index (χ3n) is 3.06. The summed E-state index contributed by atoms with van der Waals surface area (Å²) in [6.45, 7) is 2.87. The maximum absolute atomic E-state index is 9.95. The van der Waals surface area contributed by atoms with E-state index in [9.17, 15) is 5.11 Å². The highest BCUT2D eigenvalue weighted by molar-refractivity contribution is 5.13. The molecule has 1 saturated heterocycles. The first-order valence-corrected chi connectivity index (χ1v) is 5.98. The number of ether oxygens (including phenoxy) is 1. The number of nitrogens with zero attached hydrogens (tertiary/aromatic N) is 1. The molecule has 1 aliphatic rings. The van der Waals surface area contributed by atoms with Crippen LogP contribution in [0, 0.1) is 6.92 Å². The predicted molar refractivity (Wildman–Crippen MR) is 62.1 cm³/mol. The molecule has 1 aromatic rings. The van der Waals surface area contributed by atoms with Crippen LogP contribution in [-0.4, -0.2) is 22.8 Å². The first-order chi connectivity index (χ1) is 7.75. The summed E-state index contributed by atoms with van der Waals surface area (Å²) >= 11 is 0. The predicted octanol–water partition coefficient (Wildman–Crippen LogP) is 2.38. The second-order valence-electron chi connectivity index (χ2n) is 4.49. The number of hydrogen-bond acceptors (Lipinski definition) is 3. The van der Waals surface area contributed by atoms with E-state index < -0.39 is 6.10 Å². The van der Waals surface area contributed by atoms with Gasteiger partial charge in [-0.2, -0.15) is 0 Å². The summed E-state index contributed by atoms with van der Waals surface area (Å²) in [6, 6.07) is 3.88. The number of rotatable bonds is 4. The van der Waals surface area contributed by atoms with E-state index in [1.54, 1.807) is 6.20 Å². The Labute approximate surface area is 96.5 Å². The smallest absolute Gasteiger partial charge is 0.0960 e. The molecule has 2 rings (SSSR count). The lowest BCUT2D eigenvalue weighted by Gasteiger charge is -2.13. The van der Waals surface area contributed by atoms with Gasteiger partial charge in [-0.3, -0.25) is 4.98 Å². The Balaban J connectivity index is 1.82. The third-order valence-corrected chi connectivity index (χ3v) is 3.06. The Morgan fingerprint density at radius 2 is 2.44 bits per heavy atom. The van der Waals surface area contributed by atoms with Gasteiger partial charge in [-0.1, -0.05) is 6.07 Å². The molecule has 1 aliphatic heterocycles. The van der Waals surface area contributed by atoms with Gasteiger partial charge in [0.05, 0.1) is 17.9 Å². The van der Waals surface area contributed by atoms with Crippen molar-refractivity contribution in [3.05, 3.63) is 29.6 Å². The van der Waals surface area contributed by atoms with Crippen LogP contribution in [0.25, 0.3) is 0 Å². The van der Waals surface area contributed by atoms with E-state index in [2.05, 4.69) is 4.98 Å². The van der Waals surface area contributed by atoms with E-state index in [0.29, 0.717) is 6.10 Å². The van der Waals surface area contributed by atoms with Gasteiger partial charge in [0.25, 0.3) is 0 Å². The number of aliphatic hydroxyl groups excluding tert-OH is 1. The van der Waals surface area contributed by atoms with Crippen molar-refractivity contribution in [2.75, 3.05) is 6.61 Å². The Morgan fingerprint density at radius 1 is 1.56 bits per heavy atom. The molecule has 2 unspecified atom stereocenters. The summed E-state index contributed by atoms with van der Waals surface area (Å²) in [5.74, 6) is 0. The van der Waals surface area contributed by atoms with Gasteiger partial charge in [0, 0.05) is 12.8 Å². The van der Waals surface area contributed by atoms with Crippen LogP contribution in [0.4, 0.5) is 0 Å². The first kappa shape index (κ1) is 11.6. The van der Waals surface area contributed by atoms with Gasteiger partial charge >= 0.3 is 0 Å². The summed E-state index contributed by atoms with van der Waals surface area (Å²) in [6.07, 6.45) is 5.64. The van der Waals surface area contributed by atoms with Crippen molar-refractivity contribution < 1.29 is 9.84 Å². The molecule has 1 N–H and O–H groups in total. The summed E-state index contributed by atoms with van der Waals surface area (Å²) < 4.78 is 5.53. The first-order valence-electron chi connectivity index (χ1n) is 5.98. The van der Waals surface area contributed by atoms with Gasteiger partial charge in [0.15, 0.2) is 0 Å². The van der Waals surface area contributed by atoms with Crippen LogP contribution in [0.5, 0.6) is 0 Å². The monoisotopic (exact) mass is 221 g/mol. The van der Waals surface area contributed by atoms with E-state index in [0.717, 1.165) is 43.5 Å². The van der Waals surface area contributed by atoms with E-state index >= 15 is 0 Å². The topological polar surface area (TPSA) is 42.4 Å². The standard InChI is InChI=1S/C13H19NO2/c1-10-4-6-12(14-9-10)13(15)7-5-11-3-2-8-16-11/h4,6,9,11,13,15H,2-3,5,7-8H2,1H3. The molecule has 0 aliphatic carbocycles. The van der Waals surface area contributed by atoms with E-state index in [-0.39, 0.29) is 0 Å². The second kappa shape index (κ2) is 5.41. The van der Waals surface area contributed by atoms with Gasteiger partial charge in [-0.15, -0.1) is 0 Å². The van der Waals surface area contributed by atoms with Gasteiger partial charge in [-0.05, 0) is 44.2 Å². The molecule has 1 aromatic heterocycles. The van der Waals surface area contributed by atoms with Gasteiger partial charge in [0.1, 0.15) is 0 Å². The summed E-state index contributed by atoms with van der Waals surface area (Å²) in [5.41, 5.74) is 1.89. The van der Waals surface area contributed by atoms with Crippen molar-refractivity contribution in [3.8, 4) is 0 Å². The minimum atomic E-state index is -0.454. The SMILES string of the molecule is Cc1ccc(C(O)CCC2CCCO2)nc1. The quantitative estimate of drug-likeness (QED) is 0.848. The Hall–Kier alpha value is -0.930. The van der Waals surface area contributed by atoms with Crippen molar-refractivity contribution in [1.29, 1.82) is 0 Å². The lowest BCUT2D eigenvalue weighted by atomic mass is 10.1. The molecule has 0 aromatic carbocycles. The van der Waals surface area contributed by atoms with Crippen molar-refractivity contribution in [3.63, 3.8) is 0 Å².